The van der Waals surface area contributed by atoms with Crippen LogP contribution in [0.1, 0.15) is 123 Å². The molecule has 0 saturated heterocycles. The Morgan fingerprint density at radius 1 is 0.367 bits per heavy atom. The van der Waals surface area contributed by atoms with Crippen LogP contribution in [0.4, 0.5) is 4.79 Å². The molecule has 0 unspecified atom stereocenters. The molecule has 32 heteroatoms. The number of nitrogens with one attached hydrogen (secondary N) is 4. The summed E-state index contributed by atoms with van der Waals surface area (Å²) in [6, 6.07) is 80.4. The summed E-state index contributed by atoms with van der Waals surface area (Å²) in [5.41, 5.74) is 19.3. The van der Waals surface area contributed by atoms with E-state index in [1.54, 1.807) is 48.5 Å². The van der Waals surface area contributed by atoms with Crippen molar-refractivity contribution < 1.29 is 72.0 Å². The number of rotatable bonds is 39. The van der Waals surface area contributed by atoms with Crippen LogP contribution in [0.3, 0.4) is 0 Å². The van der Waals surface area contributed by atoms with Crippen LogP contribution in [0.5, 0.6) is 0 Å². The minimum atomic E-state index is -3.45. The van der Waals surface area contributed by atoms with Crippen LogP contribution in [0.25, 0.3) is 44.5 Å². The van der Waals surface area contributed by atoms with E-state index in [0.717, 1.165) is 91.8 Å². The number of ether oxygens (including phenoxy) is 1. The number of aromatic nitrogens is 8. The van der Waals surface area contributed by atoms with Crippen molar-refractivity contribution in [3.8, 4) is 44.5 Å². The number of carbonyl (C=O) groups is 7. The van der Waals surface area contributed by atoms with Gasteiger partial charge in [-0.25, -0.2) is 38.5 Å². The van der Waals surface area contributed by atoms with Crippen LogP contribution in [0, 0.1) is 23.7 Å². The number of nitrogens with zero attached hydrogens (tertiary/aromatic N) is 7. The Balaban J connectivity index is 0.000000213. The second kappa shape index (κ2) is 48.1. The Kier molecular flexibility index (Phi) is 38.0. The van der Waals surface area contributed by atoms with Gasteiger partial charge in [0.25, 0.3) is 23.5 Å². The molecular formula is C96H114N12O16S4. The number of alkyl carbamates (subject to hydrolysis) is 1. The third-order valence-electron chi connectivity index (χ3n) is 20.3. The number of sulfone groups is 4. The van der Waals surface area contributed by atoms with E-state index in [9.17, 15) is 67.2 Å². The van der Waals surface area contributed by atoms with E-state index >= 15 is 0 Å². The van der Waals surface area contributed by atoms with Gasteiger partial charge < -0.3 is 26.4 Å². The topological polar surface area (TPSA) is 425 Å². The van der Waals surface area contributed by atoms with E-state index in [1.807, 2.05) is 224 Å². The molecule has 3 amide bonds. The summed E-state index contributed by atoms with van der Waals surface area (Å²) in [7, 11) is -13.6. The van der Waals surface area contributed by atoms with Crippen molar-refractivity contribution in [3.05, 3.63) is 288 Å². The molecule has 0 aliphatic carbocycles. The lowest BCUT2D eigenvalue weighted by Crippen LogP contribution is -2.42. The van der Waals surface area contributed by atoms with Gasteiger partial charge in [0.05, 0.1) is 6.54 Å². The summed E-state index contributed by atoms with van der Waals surface area (Å²) in [6.07, 6.45) is 7.00. The minimum Gasteiger partial charge on any atom is -0.444 e. The first-order chi connectivity index (χ1) is 60.4. The van der Waals surface area contributed by atoms with Gasteiger partial charge >= 0.3 is 6.09 Å². The summed E-state index contributed by atoms with van der Waals surface area (Å²) < 4.78 is 97.1. The van der Waals surface area contributed by atoms with Gasteiger partial charge in [-0.2, -0.15) is 10.0 Å². The van der Waals surface area contributed by atoms with E-state index in [-0.39, 0.29) is 65.6 Å². The Labute approximate surface area is 750 Å². The zero-order valence-electron chi connectivity index (χ0n) is 73.9. The highest BCUT2D eigenvalue weighted by molar-refractivity contribution is 7.92. The fourth-order valence-corrected chi connectivity index (χ4v) is 17.1. The number of ketones is 4. The predicted molar refractivity (Wildman–Crippen MR) is 498 cm³/mol. The largest absolute Gasteiger partial charge is 0.444 e. The molecule has 8 atom stereocenters. The molecule has 0 aliphatic heterocycles. The molecule has 0 fully saturated rings. The number of nitrogens with two attached hydrogens (primary N) is 1. The maximum atomic E-state index is 13.1. The molecule has 28 nitrogen and oxygen atoms in total. The molecule has 0 radical (unpaired) electrons. The third kappa shape index (κ3) is 37.4. The number of H-pyrrole nitrogens is 1. The zero-order chi connectivity index (χ0) is 93.4. The average molecular weight is 1820 g/mol. The number of amides is 3. The maximum Gasteiger partial charge on any atom is 0.407 e. The van der Waals surface area contributed by atoms with Gasteiger partial charge in [-0.15, -0.1) is 20.4 Å². The Bertz CT molecular complexity index is 5900. The first kappa shape index (κ1) is 101. The second-order valence-corrected chi connectivity index (χ2v) is 42.1. The van der Waals surface area contributed by atoms with Crippen LogP contribution in [-0.2, 0) is 95.5 Å². The van der Waals surface area contributed by atoms with Crippen LogP contribution >= 0.6 is 0 Å². The van der Waals surface area contributed by atoms with Gasteiger partial charge in [-0.3, -0.25) is 28.8 Å². The van der Waals surface area contributed by atoms with Crippen molar-refractivity contribution in [2.75, 3.05) is 48.0 Å². The number of Topliss-reactive ketones (excluding diaryl/α,β-unsaturated/α-hetero) is 4. The molecule has 678 valence electrons. The highest BCUT2D eigenvalue weighted by atomic mass is 32.2. The lowest BCUT2D eigenvalue weighted by atomic mass is 9.93. The van der Waals surface area contributed by atoms with Crippen molar-refractivity contribution in [3.63, 3.8) is 0 Å². The molecule has 2 aromatic heterocycles. The highest BCUT2D eigenvalue weighted by Crippen LogP contribution is 2.27. The number of benzene rings is 9. The Morgan fingerprint density at radius 2 is 0.648 bits per heavy atom. The van der Waals surface area contributed by atoms with E-state index < -0.39 is 116 Å². The minimum absolute atomic E-state index is 0.0783. The fraction of sp³-hybridized carbons (Fsp3) is 0.344. The fourth-order valence-electron chi connectivity index (χ4n) is 13.9. The molecule has 11 rings (SSSR count). The summed E-state index contributed by atoms with van der Waals surface area (Å²) in [5, 5.41) is 33.7. The Morgan fingerprint density at radius 3 is 0.945 bits per heavy atom. The molecule has 11 aromatic rings. The van der Waals surface area contributed by atoms with E-state index in [4.69, 9.17) is 10.5 Å². The van der Waals surface area contributed by atoms with Crippen LogP contribution in [0.15, 0.2) is 249 Å². The average Bonchev–Trinajstić information content (AvgIpc) is 1.44. The van der Waals surface area contributed by atoms with Crippen molar-refractivity contribution >= 4 is 80.4 Å². The van der Waals surface area contributed by atoms with Gasteiger partial charge in [0.2, 0.25) is 0 Å². The number of aromatic amines is 1. The standard InChI is InChI=1S/C29H31N5O4S.C25H33NO5S.C22H25N5O4S.C20H25NO3S/c1-21(27(35)20-39(2,37)38)17-26(18-22-13-15-25(16-14-22)24-11-7-4-8-12-24)30-29(36)28-31-33-34(32-28)19-23-9-5-3-6-10-23;1-18(23(27)17-32(5,29)30)15-22(26-24(28)31-25(2,3)4)16-19-11-13-21(14-12-19)20-9-7-6-8-10-20;1-15(20(28)14-32(2,30)31)12-19(23-22(29)21-24-26-27-25-21)13-16-8-10-18(11-9-16)17-6-4-3-5-7-17;1-15(20(22)14-25(2,23)24)12-19(21)13-16-8-10-18(11-9-16)17-6-4-3-5-7-17/h3-16,21,26H,17-20H2,1-2H3,(H,30,36);6-14,18,22H,15-17H2,1-5H3,(H,26,28);3-11,15,19H,12-14H2,1-2H3,(H,23,29)(H,24,25,26,27);3-11,15,19H,12-14,21H2,1-2H3/t21-,26+;18-,22+;2*15-,19+/m1111/s1. The lowest BCUT2D eigenvalue weighted by Gasteiger charge is -2.25. The van der Waals surface area contributed by atoms with Gasteiger partial charge in [0.1, 0.15) is 28.6 Å². The third-order valence-corrected chi connectivity index (χ3v) is 23.6. The second-order valence-electron chi connectivity index (χ2n) is 33.6. The maximum absolute atomic E-state index is 13.1. The number of hydrogen-bond acceptors (Lipinski definition) is 23. The quantitative estimate of drug-likeness (QED) is 0.0239. The SMILES string of the molecule is C[C@H](C[C@@H](Cc1ccc(-c2ccccc2)cc1)NC(=O)OC(C)(C)C)C(=O)CS(C)(=O)=O.C[C@H](C[C@@H](Cc1ccc(-c2ccccc2)cc1)NC(=O)c1nn[nH]n1)C(=O)CS(C)(=O)=O.C[C@H](C[C@@H](Cc1ccc(-c2ccccc2)cc1)NC(=O)c1nnn(Cc2ccccc2)n1)C(=O)CS(C)(=O)=O.C[C@H](C[C@H](N)Cc1ccc(-c2ccccc2)cc1)C(=O)CS(C)(=O)=O. The number of carbonyl (C=O) groups excluding carboxylic acids is 7. The Hall–Kier alpha value is -12.2. The molecule has 0 aliphatic rings. The van der Waals surface area contributed by atoms with E-state index in [2.05, 4.69) is 76.3 Å². The van der Waals surface area contributed by atoms with Gasteiger partial charge in [-0.1, -0.05) is 276 Å². The molecule has 6 N–H and O–H groups in total. The lowest BCUT2D eigenvalue weighted by molar-refractivity contribution is -0.121. The van der Waals surface area contributed by atoms with Gasteiger partial charge in [0, 0.05) is 72.9 Å². The zero-order valence-corrected chi connectivity index (χ0v) is 77.1. The monoisotopic (exact) mass is 1820 g/mol. The van der Waals surface area contributed by atoms with Crippen molar-refractivity contribution in [1.82, 2.24) is 56.8 Å². The van der Waals surface area contributed by atoms with Crippen molar-refractivity contribution in [1.29, 1.82) is 0 Å². The summed E-state index contributed by atoms with van der Waals surface area (Å²) in [6.45, 7) is 12.5. The van der Waals surface area contributed by atoms with Crippen molar-refractivity contribution in [2.45, 2.75) is 136 Å². The van der Waals surface area contributed by atoms with Crippen molar-refractivity contribution in [2.24, 2.45) is 29.4 Å². The molecule has 0 bridgehead atoms. The molecule has 2 heterocycles. The molecule has 128 heavy (non-hydrogen) atoms. The van der Waals surface area contributed by atoms with Crippen LogP contribution in [-0.4, -0.2) is 193 Å². The number of hydrogen-bond donors (Lipinski definition) is 5. The first-order valence-corrected chi connectivity index (χ1v) is 50.0. The normalized spacial score (nSPS) is 13.5. The molecule has 0 spiro atoms. The molecule has 9 aromatic carbocycles. The van der Waals surface area contributed by atoms with Gasteiger partial charge in [-0.05, 0) is 155 Å². The highest BCUT2D eigenvalue weighted by Gasteiger charge is 2.30. The van der Waals surface area contributed by atoms with Crippen LogP contribution in [0.2, 0.25) is 0 Å². The van der Waals surface area contributed by atoms with Gasteiger partial charge in [0.15, 0.2) is 62.5 Å². The van der Waals surface area contributed by atoms with E-state index in [0.29, 0.717) is 45.1 Å². The number of tetrazole rings is 2. The summed E-state index contributed by atoms with van der Waals surface area (Å²) in [4.78, 5) is 88.4. The summed E-state index contributed by atoms with van der Waals surface area (Å²) >= 11 is 0. The molecule has 0 saturated carbocycles. The smallest absolute Gasteiger partial charge is 0.407 e. The molecular weight excluding hydrogens is 1710 g/mol. The predicted octanol–water partition coefficient (Wildman–Crippen LogP) is 12.5. The van der Waals surface area contributed by atoms with E-state index in [1.165, 1.54) is 10.4 Å². The van der Waals surface area contributed by atoms with Crippen LogP contribution < -0.4 is 21.7 Å². The summed E-state index contributed by atoms with van der Waals surface area (Å²) in [5.74, 6) is -6.58. The first-order valence-electron chi connectivity index (χ1n) is 41.7.